The Balaban J connectivity index is 1.49. The zero-order valence-electron chi connectivity index (χ0n) is 19.3. The lowest BCUT2D eigenvalue weighted by atomic mass is 9.98. The van der Waals surface area contributed by atoms with Gasteiger partial charge in [-0.15, -0.1) is 0 Å². The van der Waals surface area contributed by atoms with Gasteiger partial charge in [-0.1, -0.05) is 24.3 Å². The Morgan fingerprint density at radius 2 is 1.97 bits per heavy atom. The fourth-order valence-electron chi connectivity index (χ4n) is 4.96. The first-order chi connectivity index (χ1) is 16.4. The number of nitrogens with zero attached hydrogens (tertiary/aromatic N) is 1. The summed E-state index contributed by atoms with van der Waals surface area (Å²) in [6, 6.07) is 17.4. The molecular formula is C26H30N4O3S. The molecule has 0 bridgehead atoms. The van der Waals surface area contributed by atoms with E-state index in [-0.39, 0.29) is 17.6 Å². The summed E-state index contributed by atoms with van der Waals surface area (Å²) in [5, 5.41) is 13.1. The number of benzene rings is 3. The maximum absolute atomic E-state index is 13.2. The molecule has 0 amide bonds. The number of ether oxygens (including phenoxy) is 1. The van der Waals surface area contributed by atoms with Crippen molar-refractivity contribution in [2.24, 2.45) is 5.73 Å². The zero-order valence-corrected chi connectivity index (χ0v) is 20.1. The number of anilines is 1. The third kappa shape index (κ3) is 4.23. The van der Waals surface area contributed by atoms with Crippen molar-refractivity contribution in [1.82, 2.24) is 5.32 Å². The summed E-state index contributed by atoms with van der Waals surface area (Å²) in [6.45, 7) is 3.32. The number of nitrogens with two attached hydrogens (primary N) is 1. The Bertz CT molecular complexity index is 1350. The molecule has 7 nitrogen and oxygen atoms in total. The fourth-order valence-corrected chi connectivity index (χ4v) is 6.30. The highest BCUT2D eigenvalue weighted by atomic mass is 32.2. The van der Waals surface area contributed by atoms with E-state index in [4.69, 9.17) is 15.9 Å². The topological polar surface area (TPSA) is 109 Å². The number of amidine groups is 1. The number of sulfonamides is 1. The molecule has 1 saturated heterocycles. The largest absolute Gasteiger partial charge is 0.492 e. The Labute approximate surface area is 200 Å². The van der Waals surface area contributed by atoms with Crippen molar-refractivity contribution in [2.45, 2.75) is 38.3 Å². The molecule has 178 valence electrons. The highest BCUT2D eigenvalue weighted by Crippen LogP contribution is 2.44. The first-order valence-electron chi connectivity index (χ1n) is 11.7. The summed E-state index contributed by atoms with van der Waals surface area (Å²) in [5.74, 6) is 0.805. The van der Waals surface area contributed by atoms with E-state index in [9.17, 15) is 8.42 Å². The molecular weight excluding hydrogens is 448 g/mol. The van der Waals surface area contributed by atoms with Gasteiger partial charge in [-0.25, -0.2) is 8.42 Å². The van der Waals surface area contributed by atoms with Crippen molar-refractivity contribution >= 4 is 32.3 Å². The molecule has 2 aliphatic rings. The number of hydrogen-bond acceptors (Lipinski definition) is 5. The predicted octanol–water partition coefficient (Wildman–Crippen LogP) is 3.71. The molecule has 1 fully saturated rings. The molecule has 2 atom stereocenters. The fraction of sp³-hybridized carbons (Fsp3) is 0.346. The Kier molecular flexibility index (Phi) is 5.95. The molecule has 3 aromatic rings. The molecule has 0 radical (unpaired) electrons. The molecule has 0 spiro atoms. The molecule has 0 saturated carbocycles. The molecule has 8 heteroatoms. The van der Waals surface area contributed by atoms with Gasteiger partial charge in [0.2, 0.25) is 10.0 Å². The second-order valence-electron chi connectivity index (χ2n) is 9.05. The van der Waals surface area contributed by atoms with E-state index in [2.05, 4.69) is 5.32 Å². The van der Waals surface area contributed by atoms with Gasteiger partial charge in [-0.2, -0.15) is 0 Å². The number of hydrogen-bond donors (Lipinski definition) is 3. The van der Waals surface area contributed by atoms with Gasteiger partial charge in [0, 0.05) is 18.0 Å². The average molecular weight is 479 g/mol. The number of rotatable bonds is 7. The van der Waals surface area contributed by atoms with Crippen molar-refractivity contribution in [3.63, 3.8) is 0 Å². The maximum atomic E-state index is 13.2. The second-order valence-corrected chi connectivity index (χ2v) is 11.2. The van der Waals surface area contributed by atoms with E-state index < -0.39 is 10.0 Å². The third-order valence-corrected chi connectivity index (χ3v) is 8.60. The molecule has 1 unspecified atom stereocenters. The highest BCUT2D eigenvalue weighted by molar-refractivity contribution is 7.92. The minimum Gasteiger partial charge on any atom is -0.492 e. The Hall–Kier alpha value is -3.10. The molecule has 2 heterocycles. The molecule has 3 aromatic carbocycles. The van der Waals surface area contributed by atoms with Gasteiger partial charge in [-0.3, -0.25) is 9.71 Å². The lowest BCUT2D eigenvalue weighted by Gasteiger charge is -2.27. The average Bonchev–Trinajstić information content (AvgIpc) is 3.49. The summed E-state index contributed by atoms with van der Waals surface area (Å²) in [5.41, 5.74) is 8.93. The molecule has 34 heavy (non-hydrogen) atoms. The van der Waals surface area contributed by atoms with Gasteiger partial charge < -0.3 is 15.8 Å². The van der Waals surface area contributed by atoms with Gasteiger partial charge in [0.1, 0.15) is 18.2 Å². The summed E-state index contributed by atoms with van der Waals surface area (Å²) >= 11 is 0. The molecule has 0 aromatic heterocycles. The lowest BCUT2D eigenvalue weighted by molar-refractivity contribution is 0.277. The van der Waals surface area contributed by atoms with Crippen LogP contribution in [-0.2, 0) is 16.4 Å². The van der Waals surface area contributed by atoms with Crippen molar-refractivity contribution in [3.8, 4) is 5.75 Å². The molecule has 5 rings (SSSR count). The summed E-state index contributed by atoms with van der Waals surface area (Å²) in [6.07, 6.45) is 2.86. The van der Waals surface area contributed by atoms with Crippen LogP contribution in [-0.4, -0.2) is 39.2 Å². The lowest BCUT2D eigenvalue weighted by Crippen LogP contribution is -2.33. The van der Waals surface area contributed by atoms with Crippen LogP contribution in [0.2, 0.25) is 0 Å². The zero-order chi connectivity index (χ0) is 23.9. The number of nitrogens with one attached hydrogen (secondary N) is 2. The number of fused-ring (bicyclic) bond motifs is 2. The van der Waals surface area contributed by atoms with Crippen LogP contribution < -0.4 is 20.1 Å². The third-order valence-electron chi connectivity index (χ3n) is 6.82. The van der Waals surface area contributed by atoms with Crippen LogP contribution >= 0.6 is 0 Å². The van der Waals surface area contributed by atoms with Crippen LogP contribution in [0.15, 0.2) is 54.6 Å². The van der Waals surface area contributed by atoms with E-state index in [1.165, 1.54) is 6.42 Å². The van der Waals surface area contributed by atoms with Gasteiger partial charge in [-0.05, 0) is 78.5 Å². The SMILES string of the molecule is CCS(=O)(=O)N1c2ccc(OC[C@@H]3CCCN3)cc2CC1c1ccc2ccc(C(=N)N)cc2c1. The van der Waals surface area contributed by atoms with Gasteiger partial charge >= 0.3 is 0 Å². The van der Waals surface area contributed by atoms with E-state index in [1.807, 2.05) is 54.6 Å². The van der Waals surface area contributed by atoms with Crippen molar-refractivity contribution in [3.05, 3.63) is 71.3 Å². The highest BCUT2D eigenvalue weighted by Gasteiger charge is 2.38. The summed E-state index contributed by atoms with van der Waals surface area (Å²) in [7, 11) is -3.49. The first kappa shape index (κ1) is 22.7. The summed E-state index contributed by atoms with van der Waals surface area (Å²) < 4.78 is 34.0. The summed E-state index contributed by atoms with van der Waals surface area (Å²) in [4.78, 5) is 0. The van der Waals surface area contributed by atoms with E-state index >= 15 is 0 Å². The van der Waals surface area contributed by atoms with Crippen LogP contribution in [0.1, 0.15) is 42.5 Å². The van der Waals surface area contributed by atoms with Crippen LogP contribution in [0.5, 0.6) is 5.75 Å². The standard InChI is InChI=1S/C26H30N4O3S/c1-2-34(31,32)30-24-10-9-23(33-16-22-4-3-11-29-22)14-21(24)15-25(30)18-7-5-17-6-8-19(26(27)28)13-20(17)12-18/h5-10,12-14,22,25,29H,2-4,11,15-16H2,1H3,(H3,27,28)/t22-,25?/m0/s1. The Morgan fingerprint density at radius 3 is 2.71 bits per heavy atom. The molecule has 2 aliphatic heterocycles. The van der Waals surface area contributed by atoms with Gasteiger partial charge in [0.25, 0.3) is 0 Å². The van der Waals surface area contributed by atoms with Gasteiger partial charge in [0.15, 0.2) is 0 Å². The van der Waals surface area contributed by atoms with Crippen molar-refractivity contribution in [1.29, 1.82) is 5.41 Å². The normalized spacial score (nSPS) is 20.0. The quantitative estimate of drug-likeness (QED) is 0.354. The van der Waals surface area contributed by atoms with Crippen molar-refractivity contribution in [2.75, 3.05) is 23.2 Å². The van der Waals surface area contributed by atoms with E-state index in [0.29, 0.717) is 24.6 Å². The Morgan fingerprint density at radius 1 is 1.15 bits per heavy atom. The van der Waals surface area contributed by atoms with Crippen LogP contribution in [0.4, 0.5) is 5.69 Å². The van der Waals surface area contributed by atoms with Crippen LogP contribution in [0.3, 0.4) is 0 Å². The first-order valence-corrected chi connectivity index (χ1v) is 13.4. The second kappa shape index (κ2) is 8.92. The van der Waals surface area contributed by atoms with E-state index in [1.54, 1.807) is 11.2 Å². The molecule has 4 N–H and O–H groups in total. The number of nitrogen functional groups attached to an aromatic ring is 1. The smallest absolute Gasteiger partial charge is 0.235 e. The maximum Gasteiger partial charge on any atom is 0.235 e. The monoisotopic (exact) mass is 478 g/mol. The predicted molar refractivity (Wildman–Crippen MR) is 136 cm³/mol. The van der Waals surface area contributed by atoms with Crippen LogP contribution in [0.25, 0.3) is 10.8 Å². The van der Waals surface area contributed by atoms with E-state index in [0.717, 1.165) is 46.3 Å². The minimum atomic E-state index is -3.49. The van der Waals surface area contributed by atoms with Crippen molar-refractivity contribution < 1.29 is 13.2 Å². The van der Waals surface area contributed by atoms with Gasteiger partial charge in [0.05, 0.1) is 17.5 Å². The molecule has 0 aliphatic carbocycles. The van der Waals surface area contributed by atoms with Crippen LogP contribution in [0, 0.1) is 5.41 Å². The minimum absolute atomic E-state index is 0.0103.